The number of carbonyl (C=O) groups excluding carboxylic acids is 1. The predicted molar refractivity (Wildman–Crippen MR) is 98.9 cm³/mol. The molecule has 1 saturated carbocycles. The average molecular weight is 366 g/mol. The summed E-state index contributed by atoms with van der Waals surface area (Å²) in [5, 5.41) is 16.6. The van der Waals surface area contributed by atoms with Gasteiger partial charge in [-0.15, -0.1) is 0 Å². The van der Waals surface area contributed by atoms with Gasteiger partial charge in [-0.05, 0) is 19.8 Å². The van der Waals surface area contributed by atoms with E-state index in [1.165, 1.54) is 0 Å². The number of piperazine rings is 1. The Hall–Kier alpha value is -3.15. The number of nitriles is 1. The van der Waals surface area contributed by atoms with Crippen molar-refractivity contribution in [1.29, 1.82) is 5.26 Å². The minimum absolute atomic E-state index is 0.0200. The number of aryl methyl sites for hydroxylation is 1. The molecule has 1 aliphatic heterocycles. The van der Waals surface area contributed by atoms with Crippen LogP contribution < -0.4 is 10.2 Å². The van der Waals surface area contributed by atoms with E-state index in [1.807, 2.05) is 25.1 Å². The maximum Gasteiger partial charge on any atom is 0.317 e. The minimum atomic E-state index is 0.0200. The summed E-state index contributed by atoms with van der Waals surface area (Å²) in [5.41, 5.74) is 1.57. The Labute approximate surface area is 157 Å². The topological polar surface area (TPSA) is 103 Å². The summed E-state index contributed by atoms with van der Waals surface area (Å²) in [6.07, 6.45) is 7.29. The third-order valence-corrected chi connectivity index (χ3v) is 4.96. The number of rotatable bonds is 3. The van der Waals surface area contributed by atoms with E-state index in [2.05, 4.69) is 31.4 Å². The summed E-state index contributed by atoms with van der Waals surface area (Å²) in [5.74, 6) is 0.710. The second-order valence-electron chi connectivity index (χ2n) is 7.15. The average Bonchev–Trinajstić information content (AvgIpc) is 3.38. The van der Waals surface area contributed by atoms with Crippen LogP contribution in [0.15, 0.2) is 18.6 Å². The molecule has 2 aromatic heterocycles. The fourth-order valence-electron chi connectivity index (χ4n) is 3.31. The fourth-order valence-corrected chi connectivity index (χ4v) is 3.31. The summed E-state index contributed by atoms with van der Waals surface area (Å²) in [6, 6.07) is 2.54. The van der Waals surface area contributed by atoms with Crippen LogP contribution in [-0.2, 0) is 7.05 Å². The van der Waals surface area contributed by atoms with Gasteiger partial charge in [0.2, 0.25) is 0 Å². The second-order valence-corrected chi connectivity index (χ2v) is 7.15. The van der Waals surface area contributed by atoms with Crippen molar-refractivity contribution in [3.63, 3.8) is 0 Å². The SMILES string of the molecule is C[C@@H]1CN(c2cnc(C#N)c(-c3cnn(C)c3)n2)CCN1C(=O)NC1CC1. The van der Waals surface area contributed by atoms with E-state index in [9.17, 15) is 10.1 Å². The first kappa shape index (κ1) is 17.3. The van der Waals surface area contributed by atoms with Crippen molar-refractivity contribution in [2.45, 2.75) is 31.8 Å². The number of aromatic nitrogens is 4. The van der Waals surface area contributed by atoms with Crippen LogP contribution in [0.2, 0.25) is 0 Å². The first-order valence-corrected chi connectivity index (χ1v) is 9.13. The zero-order chi connectivity index (χ0) is 19.0. The van der Waals surface area contributed by atoms with Gasteiger partial charge >= 0.3 is 6.03 Å². The quantitative estimate of drug-likeness (QED) is 0.873. The molecular formula is C18H22N8O. The van der Waals surface area contributed by atoms with Gasteiger partial charge in [-0.2, -0.15) is 10.4 Å². The van der Waals surface area contributed by atoms with Crippen LogP contribution in [0.1, 0.15) is 25.5 Å². The van der Waals surface area contributed by atoms with E-state index >= 15 is 0 Å². The van der Waals surface area contributed by atoms with Crippen LogP contribution >= 0.6 is 0 Å². The standard InChI is InChI=1S/C18H22N8O/c1-12-10-25(5-6-26(12)18(27)22-14-3-4-14)16-9-20-15(7-19)17(23-16)13-8-21-24(2)11-13/h8-9,11-12,14H,3-6,10H2,1-2H3,(H,22,27)/t12-/m1/s1. The molecule has 1 saturated heterocycles. The van der Waals surface area contributed by atoms with Gasteiger partial charge in [0.05, 0.1) is 12.4 Å². The zero-order valence-electron chi connectivity index (χ0n) is 15.5. The number of hydrogen-bond donors (Lipinski definition) is 1. The van der Waals surface area contributed by atoms with Crippen molar-refractivity contribution in [2.24, 2.45) is 7.05 Å². The van der Waals surface area contributed by atoms with E-state index in [0.29, 0.717) is 37.2 Å². The van der Waals surface area contributed by atoms with E-state index in [-0.39, 0.29) is 17.8 Å². The largest absolute Gasteiger partial charge is 0.351 e. The zero-order valence-corrected chi connectivity index (χ0v) is 15.5. The second kappa shape index (κ2) is 6.87. The van der Waals surface area contributed by atoms with Crippen molar-refractivity contribution in [1.82, 2.24) is 30.0 Å². The van der Waals surface area contributed by atoms with Gasteiger partial charge in [0.15, 0.2) is 5.69 Å². The maximum atomic E-state index is 12.4. The molecule has 2 fully saturated rings. The highest BCUT2D eigenvalue weighted by Gasteiger charge is 2.32. The lowest BCUT2D eigenvalue weighted by molar-refractivity contribution is 0.171. The number of urea groups is 1. The van der Waals surface area contributed by atoms with Crippen LogP contribution in [0, 0.1) is 11.3 Å². The molecule has 4 rings (SSSR count). The first-order valence-electron chi connectivity index (χ1n) is 9.13. The monoisotopic (exact) mass is 366 g/mol. The van der Waals surface area contributed by atoms with Crippen LogP contribution in [0.3, 0.4) is 0 Å². The van der Waals surface area contributed by atoms with E-state index in [4.69, 9.17) is 0 Å². The lowest BCUT2D eigenvalue weighted by atomic mass is 10.2. The van der Waals surface area contributed by atoms with E-state index in [1.54, 1.807) is 17.1 Å². The molecule has 0 spiro atoms. The maximum absolute atomic E-state index is 12.4. The molecule has 27 heavy (non-hydrogen) atoms. The van der Waals surface area contributed by atoms with E-state index < -0.39 is 0 Å². The Morgan fingerprint density at radius 3 is 2.78 bits per heavy atom. The molecule has 0 unspecified atom stereocenters. The minimum Gasteiger partial charge on any atom is -0.351 e. The summed E-state index contributed by atoms with van der Waals surface area (Å²) < 4.78 is 1.67. The highest BCUT2D eigenvalue weighted by Crippen LogP contribution is 2.24. The molecule has 2 aromatic rings. The van der Waals surface area contributed by atoms with Crippen molar-refractivity contribution in [3.05, 3.63) is 24.3 Å². The van der Waals surface area contributed by atoms with Crippen molar-refractivity contribution >= 4 is 11.8 Å². The normalized spacial score (nSPS) is 19.7. The molecule has 9 heteroatoms. The Kier molecular flexibility index (Phi) is 4.39. The van der Waals surface area contributed by atoms with Gasteiger partial charge in [0.1, 0.15) is 17.6 Å². The molecular weight excluding hydrogens is 344 g/mol. The van der Waals surface area contributed by atoms with Crippen molar-refractivity contribution < 1.29 is 4.79 Å². The highest BCUT2D eigenvalue weighted by molar-refractivity contribution is 5.75. The molecule has 0 bridgehead atoms. The Balaban J connectivity index is 1.52. The molecule has 3 heterocycles. The summed E-state index contributed by atoms with van der Waals surface area (Å²) >= 11 is 0. The number of nitrogens with zero attached hydrogens (tertiary/aromatic N) is 7. The van der Waals surface area contributed by atoms with Crippen molar-refractivity contribution in [3.8, 4) is 17.3 Å². The molecule has 1 N–H and O–H groups in total. The number of amides is 2. The Morgan fingerprint density at radius 2 is 2.15 bits per heavy atom. The summed E-state index contributed by atoms with van der Waals surface area (Å²) in [7, 11) is 1.82. The number of carbonyl (C=O) groups is 1. The predicted octanol–water partition coefficient (Wildman–Crippen LogP) is 1.13. The van der Waals surface area contributed by atoms with Gasteiger partial charge in [-0.25, -0.2) is 14.8 Å². The van der Waals surface area contributed by atoms with Gasteiger partial charge in [0, 0.05) is 50.5 Å². The molecule has 2 aliphatic rings. The van der Waals surface area contributed by atoms with Gasteiger partial charge in [-0.1, -0.05) is 0 Å². The van der Waals surface area contributed by atoms with Crippen molar-refractivity contribution in [2.75, 3.05) is 24.5 Å². The lowest BCUT2D eigenvalue weighted by Crippen LogP contribution is -2.57. The first-order chi connectivity index (χ1) is 13.0. The van der Waals surface area contributed by atoms with Gasteiger partial charge < -0.3 is 15.1 Å². The molecule has 140 valence electrons. The molecule has 2 amide bonds. The van der Waals surface area contributed by atoms with Gasteiger partial charge in [-0.3, -0.25) is 4.68 Å². The highest BCUT2D eigenvalue weighted by atomic mass is 16.2. The van der Waals surface area contributed by atoms with Crippen LogP contribution in [0.25, 0.3) is 11.3 Å². The van der Waals surface area contributed by atoms with Crippen LogP contribution in [0.4, 0.5) is 10.6 Å². The number of anilines is 1. The molecule has 1 atom stereocenters. The summed E-state index contributed by atoms with van der Waals surface area (Å²) in [4.78, 5) is 25.3. The van der Waals surface area contributed by atoms with Crippen LogP contribution in [0.5, 0.6) is 0 Å². The smallest absolute Gasteiger partial charge is 0.317 e. The van der Waals surface area contributed by atoms with Crippen LogP contribution in [-0.4, -0.2) is 62.4 Å². The van der Waals surface area contributed by atoms with Gasteiger partial charge in [0.25, 0.3) is 0 Å². The third-order valence-electron chi connectivity index (χ3n) is 4.96. The Morgan fingerprint density at radius 1 is 1.33 bits per heavy atom. The lowest BCUT2D eigenvalue weighted by Gasteiger charge is -2.40. The Bertz CT molecular complexity index is 897. The molecule has 9 nitrogen and oxygen atoms in total. The number of hydrogen-bond acceptors (Lipinski definition) is 6. The third kappa shape index (κ3) is 3.56. The molecule has 0 radical (unpaired) electrons. The molecule has 0 aromatic carbocycles. The van der Waals surface area contributed by atoms with E-state index in [0.717, 1.165) is 18.4 Å². The molecule has 1 aliphatic carbocycles. The number of nitrogens with one attached hydrogen (secondary N) is 1. The fraction of sp³-hybridized carbons (Fsp3) is 0.500. The summed E-state index contributed by atoms with van der Waals surface area (Å²) in [6.45, 7) is 4.02.